The molecule has 2 fully saturated rings. The molecule has 25 heavy (non-hydrogen) atoms. The number of hydrogen-bond acceptors (Lipinski definition) is 4. The van der Waals surface area contributed by atoms with Crippen LogP contribution in [0.25, 0.3) is 0 Å². The van der Waals surface area contributed by atoms with Gasteiger partial charge in [0.2, 0.25) is 0 Å². The predicted octanol–water partition coefficient (Wildman–Crippen LogP) is 2.75. The van der Waals surface area contributed by atoms with Gasteiger partial charge in [-0.3, -0.25) is 4.90 Å². The smallest absolute Gasteiger partial charge is 0.329 e. The zero-order valence-electron chi connectivity index (χ0n) is 14.8. The van der Waals surface area contributed by atoms with Gasteiger partial charge in [0.05, 0.1) is 11.7 Å². The van der Waals surface area contributed by atoms with Crippen molar-refractivity contribution in [3.05, 3.63) is 35.1 Å². The highest BCUT2D eigenvalue weighted by Crippen LogP contribution is 2.43. The highest BCUT2D eigenvalue weighted by molar-refractivity contribution is 5.68. The van der Waals surface area contributed by atoms with Crippen LogP contribution in [0.3, 0.4) is 0 Å². The van der Waals surface area contributed by atoms with Gasteiger partial charge in [-0.2, -0.15) is 0 Å². The molecule has 1 aromatic rings. The first-order valence-corrected chi connectivity index (χ1v) is 8.81. The molecule has 2 aliphatic rings. The first-order chi connectivity index (χ1) is 11.9. The molecule has 5 nitrogen and oxygen atoms in total. The SMILES string of the molecule is CO[C@@]12CC[C@@H](OCC(=O)O)C[C@@H]1N(Cc1ccc(F)cc1C)CC2. The van der Waals surface area contributed by atoms with Crippen molar-refractivity contribution in [3.63, 3.8) is 0 Å². The Morgan fingerprint density at radius 2 is 2.24 bits per heavy atom. The number of benzene rings is 1. The van der Waals surface area contributed by atoms with Gasteiger partial charge in [-0.05, 0) is 55.9 Å². The maximum atomic E-state index is 13.3. The second-order valence-corrected chi connectivity index (χ2v) is 7.18. The maximum Gasteiger partial charge on any atom is 0.329 e. The van der Waals surface area contributed by atoms with Crippen molar-refractivity contribution in [1.29, 1.82) is 0 Å². The van der Waals surface area contributed by atoms with Crippen LogP contribution in [0.5, 0.6) is 0 Å². The van der Waals surface area contributed by atoms with Gasteiger partial charge in [0.25, 0.3) is 0 Å². The number of hydrogen-bond donors (Lipinski definition) is 1. The van der Waals surface area contributed by atoms with Crippen LogP contribution in [0.4, 0.5) is 4.39 Å². The van der Waals surface area contributed by atoms with Crippen LogP contribution in [0.2, 0.25) is 0 Å². The third-order valence-electron chi connectivity index (χ3n) is 5.77. The van der Waals surface area contributed by atoms with Gasteiger partial charge in [-0.1, -0.05) is 6.07 Å². The second kappa shape index (κ2) is 7.40. The van der Waals surface area contributed by atoms with E-state index in [0.29, 0.717) is 0 Å². The third kappa shape index (κ3) is 3.86. The Hall–Kier alpha value is -1.50. The summed E-state index contributed by atoms with van der Waals surface area (Å²) >= 11 is 0. The molecule has 1 heterocycles. The Morgan fingerprint density at radius 1 is 1.44 bits per heavy atom. The second-order valence-electron chi connectivity index (χ2n) is 7.18. The summed E-state index contributed by atoms with van der Waals surface area (Å²) in [5.41, 5.74) is 1.88. The Labute approximate surface area is 147 Å². The number of halogens is 1. The Bertz CT molecular complexity index is 638. The van der Waals surface area contributed by atoms with Gasteiger partial charge in [-0.15, -0.1) is 0 Å². The Kier molecular flexibility index (Phi) is 5.41. The molecule has 0 amide bonds. The van der Waals surface area contributed by atoms with E-state index in [1.54, 1.807) is 13.2 Å². The molecule has 1 aliphatic heterocycles. The lowest BCUT2D eigenvalue weighted by atomic mass is 9.79. The summed E-state index contributed by atoms with van der Waals surface area (Å²) in [6.45, 7) is 3.33. The molecular weight excluding hydrogens is 325 g/mol. The van der Waals surface area contributed by atoms with Crippen molar-refractivity contribution in [2.45, 2.75) is 56.9 Å². The molecule has 6 heteroatoms. The van der Waals surface area contributed by atoms with Crippen molar-refractivity contribution < 1.29 is 23.8 Å². The maximum absolute atomic E-state index is 13.3. The number of likely N-dealkylation sites (tertiary alicyclic amines) is 1. The first kappa shape index (κ1) is 18.3. The highest BCUT2D eigenvalue weighted by atomic mass is 19.1. The quantitative estimate of drug-likeness (QED) is 0.854. The molecule has 138 valence electrons. The lowest BCUT2D eigenvalue weighted by Crippen LogP contribution is -2.51. The minimum absolute atomic E-state index is 0.0562. The van der Waals surface area contributed by atoms with Crippen LogP contribution in [-0.2, 0) is 20.8 Å². The van der Waals surface area contributed by atoms with Gasteiger partial charge in [0.15, 0.2) is 0 Å². The molecular formula is C19H26FNO4. The van der Waals surface area contributed by atoms with Crippen LogP contribution in [0.15, 0.2) is 18.2 Å². The summed E-state index contributed by atoms with van der Waals surface area (Å²) in [7, 11) is 1.76. The zero-order chi connectivity index (χ0) is 18.0. The molecule has 3 atom stereocenters. The number of carboxylic acids is 1. The molecule has 1 saturated heterocycles. The normalized spacial score (nSPS) is 29.6. The topological polar surface area (TPSA) is 59.0 Å². The van der Waals surface area contributed by atoms with E-state index in [-0.39, 0.29) is 30.2 Å². The summed E-state index contributed by atoms with van der Waals surface area (Å²) in [6, 6.07) is 5.10. The molecule has 1 saturated carbocycles. The Balaban J connectivity index is 1.73. The molecule has 3 rings (SSSR count). The summed E-state index contributed by atoms with van der Waals surface area (Å²) in [4.78, 5) is 13.1. The number of aryl methyl sites for hydroxylation is 1. The largest absolute Gasteiger partial charge is 0.480 e. The van der Waals surface area contributed by atoms with Crippen molar-refractivity contribution in [3.8, 4) is 0 Å². The Morgan fingerprint density at radius 3 is 2.92 bits per heavy atom. The van der Waals surface area contributed by atoms with Crippen LogP contribution < -0.4 is 0 Å². The number of fused-ring (bicyclic) bond motifs is 1. The van der Waals surface area contributed by atoms with E-state index in [9.17, 15) is 9.18 Å². The van der Waals surface area contributed by atoms with E-state index in [1.807, 2.05) is 13.0 Å². The third-order valence-corrected chi connectivity index (χ3v) is 5.77. The monoisotopic (exact) mass is 351 g/mol. The summed E-state index contributed by atoms with van der Waals surface area (Å²) in [6.07, 6.45) is 3.36. The van der Waals surface area contributed by atoms with Crippen LogP contribution in [0.1, 0.15) is 36.8 Å². The van der Waals surface area contributed by atoms with Crippen LogP contribution >= 0.6 is 0 Å². The number of carboxylic acid groups (broad SMARTS) is 1. The number of nitrogens with zero attached hydrogens (tertiary/aromatic N) is 1. The summed E-state index contributed by atoms with van der Waals surface area (Å²) in [5.74, 6) is -1.15. The highest BCUT2D eigenvalue weighted by Gasteiger charge is 2.51. The number of methoxy groups -OCH3 is 1. The van der Waals surface area contributed by atoms with Crippen molar-refractivity contribution in [1.82, 2.24) is 4.90 Å². The summed E-state index contributed by atoms with van der Waals surface area (Å²) < 4.78 is 24.8. The van der Waals surface area contributed by atoms with E-state index in [2.05, 4.69) is 4.90 Å². The standard InChI is InChI=1S/C19H26FNO4/c1-13-9-15(20)4-3-14(13)11-21-8-7-19(24-2)6-5-16(10-17(19)21)25-12-18(22)23/h3-4,9,16-17H,5-8,10-12H2,1-2H3,(H,22,23)/t16-,17+,19-/m1/s1. The number of rotatable bonds is 6. The molecule has 1 N–H and O–H groups in total. The van der Waals surface area contributed by atoms with E-state index in [0.717, 1.165) is 49.9 Å². The summed E-state index contributed by atoms with van der Waals surface area (Å²) in [5, 5.41) is 8.84. The van der Waals surface area contributed by atoms with Crippen molar-refractivity contribution in [2.24, 2.45) is 0 Å². The average Bonchev–Trinajstić information content (AvgIpc) is 2.94. The molecule has 0 bridgehead atoms. The molecule has 0 spiro atoms. The van der Waals surface area contributed by atoms with Gasteiger partial charge < -0.3 is 14.6 Å². The predicted molar refractivity (Wildman–Crippen MR) is 90.9 cm³/mol. The van der Waals surface area contributed by atoms with E-state index < -0.39 is 5.97 Å². The van der Waals surface area contributed by atoms with Crippen LogP contribution in [0, 0.1) is 12.7 Å². The van der Waals surface area contributed by atoms with E-state index >= 15 is 0 Å². The van der Waals surface area contributed by atoms with Gasteiger partial charge in [-0.25, -0.2) is 9.18 Å². The fourth-order valence-electron chi connectivity index (χ4n) is 4.34. The molecule has 0 radical (unpaired) electrons. The number of carbonyl (C=O) groups is 1. The molecule has 1 aromatic carbocycles. The zero-order valence-corrected chi connectivity index (χ0v) is 14.8. The minimum atomic E-state index is -0.936. The molecule has 0 aromatic heterocycles. The van der Waals surface area contributed by atoms with Gasteiger partial charge in [0.1, 0.15) is 12.4 Å². The van der Waals surface area contributed by atoms with Crippen molar-refractivity contribution >= 4 is 5.97 Å². The fourth-order valence-corrected chi connectivity index (χ4v) is 4.34. The van der Waals surface area contributed by atoms with Gasteiger partial charge >= 0.3 is 5.97 Å². The van der Waals surface area contributed by atoms with Crippen molar-refractivity contribution in [2.75, 3.05) is 20.3 Å². The molecule has 0 unspecified atom stereocenters. The van der Waals surface area contributed by atoms with Crippen LogP contribution in [-0.4, -0.2) is 54.0 Å². The minimum Gasteiger partial charge on any atom is -0.480 e. The van der Waals surface area contributed by atoms with E-state index in [1.165, 1.54) is 6.07 Å². The lowest BCUT2D eigenvalue weighted by molar-refractivity contribution is -0.148. The van der Waals surface area contributed by atoms with E-state index in [4.69, 9.17) is 14.6 Å². The average molecular weight is 351 g/mol. The number of ether oxygens (including phenoxy) is 2. The molecule has 1 aliphatic carbocycles. The fraction of sp³-hybridized carbons (Fsp3) is 0.632. The first-order valence-electron chi connectivity index (χ1n) is 8.81. The van der Waals surface area contributed by atoms with Gasteiger partial charge in [0, 0.05) is 26.2 Å². The number of aliphatic carboxylic acids is 1. The lowest BCUT2D eigenvalue weighted by Gasteiger charge is -2.43.